The minimum absolute atomic E-state index is 0.0615. The standard InChI is InChI=1S/C19H28N2O3/c1-2-21(13-12-15-8-9-15)19(24)20-17(10-11-18(22)23)14-16-6-4-3-5-7-16/h3-7,15,17H,2,8-14H2,1H3,(H,20,24)(H,22,23). The van der Waals surface area contributed by atoms with E-state index in [4.69, 9.17) is 5.11 Å². The topological polar surface area (TPSA) is 69.6 Å². The average Bonchev–Trinajstić information content (AvgIpc) is 3.38. The number of carbonyl (C=O) groups is 2. The van der Waals surface area contributed by atoms with E-state index >= 15 is 0 Å². The fraction of sp³-hybridized carbons (Fsp3) is 0.579. The molecule has 1 unspecified atom stereocenters. The lowest BCUT2D eigenvalue weighted by molar-refractivity contribution is -0.137. The molecule has 1 saturated carbocycles. The Labute approximate surface area is 144 Å². The first-order chi connectivity index (χ1) is 11.6. The van der Waals surface area contributed by atoms with Gasteiger partial charge in [-0.25, -0.2) is 4.79 Å². The molecule has 2 amide bonds. The van der Waals surface area contributed by atoms with Gasteiger partial charge in [0.2, 0.25) is 0 Å². The second kappa shape index (κ2) is 9.30. The van der Waals surface area contributed by atoms with Crippen molar-refractivity contribution < 1.29 is 14.7 Å². The lowest BCUT2D eigenvalue weighted by Crippen LogP contribution is -2.46. The van der Waals surface area contributed by atoms with Crippen LogP contribution < -0.4 is 5.32 Å². The van der Waals surface area contributed by atoms with Gasteiger partial charge in [-0.15, -0.1) is 0 Å². The minimum atomic E-state index is -0.830. The Morgan fingerprint density at radius 2 is 2.00 bits per heavy atom. The maximum absolute atomic E-state index is 12.5. The number of rotatable bonds is 10. The van der Waals surface area contributed by atoms with E-state index in [-0.39, 0.29) is 18.5 Å². The highest BCUT2D eigenvalue weighted by atomic mass is 16.4. The molecule has 2 N–H and O–H groups in total. The summed E-state index contributed by atoms with van der Waals surface area (Å²) < 4.78 is 0. The third-order valence-corrected chi connectivity index (χ3v) is 4.53. The second-order valence-corrected chi connectivity index (χ2v) is 6.58. The van der Waals surface area contributed by atoms with E-state index in [0.29, 0.717) is 19.4 Å². The summed E-state index contributed by atoms with van der Waals surface area (Å²) in [5.74, 6) is -0.0395. The molecule has 0 aromatic heterocycles. The monoisotopic (exact) mass is 332 g/mol. The first kappa shape index (κ1) is 18.3. The highest BCUT2D eigenvalue weighted by molar-refractivity contribution is 5.74. The Balaban J connectivity index is 1.91. The number of carbonyl (C=O) groups excluding carboxylic acids is 1. The van der Waals surface area contributed by atoms with Crippen LogP contribution in [0.15, 0.2) is 30.3 Å². The Morgan fingerprint density at radius 3 is 2.58 bits per heavy atom. The van der Waals surface area contributed by atoms with Crippen LogP contribution in [0.3, 0.4) is 0 Å². The summed E-state index contributed by atoms with van der Waals surface area (Å²) in [4.78, 5) is 25.2. The van der Waals surface area contributed by atoms with Gasteiger partial charge in [0.05, 0.1) is 0 Å². The summed E-state index contributed by atoms with van der Waals surface area (Å²) in [7, 11) is 0. The Bertz CT molecular complexity index is 529. The smallest absolute Gasteiger partial charge is 0.317 e. The Morgan fingerprint density at radius 1 is 1.29 bits per heavy atom. The van der Waals surface area contributed by atoms with Crippen molar-refractivity contribution in [3.05, 3.63) is 35.9 Å². The van der Waals surface area contributed by atoms with Crippen molar-refractivity contribution in [2.75, 3.05) is 13.1 Å². The number of carboxylic acid groups (broad SMARTS) is 1. The molecule has 0 aliphatic heterocycles. The summed E-state index contributed by atoms with van der Waals surface area (Å²) in [6.45, 7) is 3.44. The SMILES string of the molecule is CCN(CCC1CC1)C(=O)NC(CCC(=O)O)Cc1ccccc1. The van der Waals surface area contributed by atoms with Crippen LogP contribution in [-0.2, 0) is 11.2 Å². The van der Waals surface area contributed by atoms with Gasteiger partial charge in [-0.1, -0.05) is 43.2 Å². The third kappa shape index (κ3) is 6.60. The van der Waals surface area contributed by atoms with Gasteiger partial charge in [0.1, 0.15) is 0 Å². The molecular weight excluding hydrogens is 304 g/mol. The molecule has 24 heavy (non-hydrogen) atoms. The molecule has 5 nitrogen and oxygen atoms in total. The molecule has 2 rings (SSSR count). The molecule has 5 heteroatoms. The predicted octanol–water partition coefficient (Wildman–Crippen LogP) is 3.29. The van der Waals surface area contributed by atoms with E-state index in [9.17, 15) is 9.59 Å². The van der Waals surface area contributed by atoms with Crippen molar-refractivity contribution in [2.45, 2.75) is 51.5 Å². The van der Waals surface area contributed by atoms with Gasteiger partial charge in [0.15, 0.2) is 0 Å². The van der Waals surface area contributed by atoms with Gasteiger partial charge in [-0.05, 0) is 37.7 Å². The number of carboxylic acids is 1. The molecule has 1 aromatic carbocycles. The van der Waals surface area contributed by atoms with Crippen LogP contribution in [0.5, 0.6) is 0 Å². The van der Waals surface area contributed by atoms with Crippen molar-refractivity contribution in [1.29, 1.82) is 0 Å². The predicted molar refractivity (Wildman–Crippen MR) is 93.9 cm³/mol. The van der Waals surface area contributed by atoms with E-state index in [0.717, 1.165) is 24.4 Å². The van der Waals surface area contributed by atoms with E-state index in [2.05, 4.69) is 5.32 Å². The molecule has 1 aliphatic rings. The summed E-state index contributed by atoms with van der Waals surface area (Å²) in [6, 6.07) is 9.63. The van der Waals surface area contributed by atoms with Crippen molar-refractivity contribution in [1.82, 2.24) is 10.2 Å². The largest absolute Gasteiger partial charge is 0.481 e. The zero-order valence-corrected chi connectivity index (χ0v) is 14.4. The maximum atomic E-state index is 12.5. The number of hydrogen-bond acceptors (Lipinski definition) is 2. The first-order valence-electron chi connectivity index (χ1n) is 8.89. The van der Waals surface area contributed by atoms with Crippen molar-refractivity contribution in [3.63, 3.8) is 0 Å². The van der Waals surface area contributed by atoms with Crippen molar-refractivity contribution in [3.8, 4) is 0 Å². The number of urea groups is 1. The van der Waals surface area contributed by atoms with E-state index in [1.807, 2.05) is 42.2 Å². The van der Waals surface area contributed by atoms with Crippen LogP contribution in [0.2, 0.25) is 0 Å². The zero-order valence-electron chi connectivity index (χ0n) is 14.4. The lowest BCUT2D eigenvalue weighted by Gasteiger charge is -2.25. The van der Waals surface area contributed by atoms with Crippen LogP contribution in [0, 0.1) is 5.92 Å². The molecule has 0 radical (unpaired) electrons. The lowest BCUT2D eigenvalue weighted by atomic mass is 10.0. The summed E-state index contributed by atoms with van der Waals surface area (Å²) in [6.07, 6.45) is 4.80. The summed E-state index contributed by atoms with van der Waals surface area (Å²) >= 11 is 0. The maximum Gasteiger partial charge on any atom is 0.317 e. The third-order valence-electron chi connectivity index (χ3n) is 4.53. The van der Waals surface area contributed by atoms with Crippen LogP contribution in [-0.4, -0.2) is 41.1 Å². The fourth-order valence-electron chi connectivity index (χ4n) is 2.84. The van der Waals surface area contributed by atoms with E-state index in [1.54, 1.807) is 0 Å². The molecule has 1 fully saturated rings. The van der Waals surface area contributed by atoms with Gasteiger partial charge in [0, 0.05) is 25.6 Å². The molecule has 0 saturated heterocycles. The van der Waals surface area contributed by atoms with Gasteiger partial charge >= 0.3 is 12.0 Å². The Hall–Kier alpha value is -2.04. The number of amides is 2. The van der Waals surface area contributed by atoms with Crippen molar-refractivity contribution >= 4 is 12.0 Å². The van der Waals surface area contributed by atoms with E-state index < -0.39 is 5.97 Å². The number of benzene rings is 1. The minimum Gasteiger partial charge on any atom is -0.481 e. The molecule has 1 atom stereocenters. The van der Waals surface area contributed by atoms with E-state index in [1.165, 1.54) is 12.8 Å². The molecular formula is C19H28N2O3. The molecule has 132 valence electrons. The van der Waals surface area contributed by atoms with Gasteiger partial charge in [0.25, 0.3) is 0 Å². The van der Waals surface area contributed by atoms with Gasteiger partial charge < -0.3 is 15.3 Å². The number of hydrogen-bond donors (Lipinski definition) is 2. The van der Waals surface area contributed by atoms with Crippen LogP contribution >= 0.6 is 0 Å². The second-order valence-electron chi connectivity index (χ2n) is 6.58. The molecule has 0 bridgehead atoms. The molecule has 1 aliphatic carbocycles. The number of nitrogens with one attached hydrogen (secondary N) is 1. The molecule has 0 heterocycles. The average molecular weight is 332 g/mol. The normalized spacial score (nSPS) is 14.9. The summed E-state index contributed by atoms with van der Waals surface area (Å²) in [5, 5.41) is 12.0. The number of aliphatic carboxylic acids is 1. The van der Waals surface area contributed by atoms with Gasteiger partial charge in [-0.3, -0.25) is 4.79 Å². The quantitative estimate of drug-likeness (QED) is 0.691. The number of nitrogens with zero attached hydrogens (tertiary/aromatic N) is 1. The fourth-order valence-corrected chi connectivity index (χ4v) is 2.84. The first-order valence-corrected chi connectivity index (χ1v) is 8.89. The van der Waals surface area contributed by atoms with Gasteiger partial charge in [-0.2, -0.15) is 0 Å². The van der Waals surface area contributed by atoms with Crippen LogP contribution in [0.4, 0.5) is 4.79 Å². The van der Waals surface area contributed by atoms with Crippen LogP contribution in [0.25, 0.3) is 0 Å². The molecule has 0 spiro atoms. The Kier molecular flexibility index (Phi) is 7.09. The highest BCUT2D eigenvalue weighted by Crippen LogP contribution is 2.32. The van der Waals surface area contributed by atoms with Crippen LogP contribution in [0.1, 0.15) is 44.6 Å². The van der Waals surface area contributed by atoms with Crippen molar-refractivity contribution in [2.24, 2.45) is 5.92 Å². The molecule has 1 aromatic rings. The zero-order chi connectivity index (χ0) is 17.4. The summed E-state index contributed by atoms with van der Waals surface area (Å²) in [5.41, 5.74) is 1.11. The highest BCUT2D eigenvalue weighted by Gasteiger charge is 2.24.